The highest BCUT2D eigenvalue weighted by Crippen LogP contribution is 2.22. The van der Waals surface area contributed by atoms with Crippen molar-refractivity contribution in [2.45, 2.75) is 25.2 Å². The van der Waals surface area contributed by atoms with Crippen LogP contribution < -0.4 is 15.4 Å². The number of hydrogen-bond acceptors (Lipinski definition) is 5. The first-order valence-electron chi connectivity index (χ1n) is 9.76. The van der Waals surface area contributed by atoms with Crippen molar-refractivity contribution in [2.24, 2.45) is 5.14 Å². The van der Waals surface area contributed by atoms with E-state index in [0.29, 0.717) is 6.54 Å². The molecule has 0 unspecified atom stereocenters. The Kier molecular flexibility index (Phi) is 6.56. The number of hydrogen-bond donors (Lipinski definition) is 2. The Hall–Kier alpha value is -2.42. The molecule has 0 spiro atoms. The van der Waals surface area contributed by atoms with Gasteiger partial charge in [0.2, 0.25) is 15.9 Å². The molecule has 0 radical (unpaired) electrons. The third kappa shape index (κ3) is 5.35. The molecule has 0 aromatic heterocycles. The van der Waals surface area contributed by atoms with E-state index in [1.54, 1.807) is 12.1 Å². The van der Waals surface area contributed by atoms with Gasteiger partial charge in [-0.25, -0.2) is 13.6 Å². The number of nitrogens with one attached hydrogen (secondary N) is 1. The van der Waals surface area contributed by atoms with Crippen LogP contribution in [0.2, 0.25) is 0 Å². The van der Waals surface area contributed by atoms with Gasteiger partial charge in [-0.15, -0.1) is 0 Å². The van der Waals surface area contributed by atoms with Gasteiger partial charge in [-0.2, -0.15) is 0 Å². The van der Waals surface area contributed by atoms with E-state index in [1.807, 2.05) is 25.1 Å². The Morgan fingerprint density at radius 1 is 1.07 bits per heavy atom. The van der Waals surface area contributed by atoms with Gasteiger partial charge in [0, 0.05) is 37.6 Å². The number of piperazine rings is 1. The van der Waals surface area contributed by atoms with E-state index >= 15 is 0 Å². The maximum Gasteiger partial charge on any atom is 0.238 e. The summed E-state index contributed by atoms with van der Waals surface area (Å²) in [6.45, 7) is 7.51. The summed E-state index contributed by atoms with van der Waals surface area (Å²) in [6, 6.07) is 12.7. The van der Waals surface area contributed by atoms with Gasteiger partial charge in [-0.05, 0) is 48.7 Å². The molecule has 3 rings (SSSR count). The van der Waals surface area contributed by atoms with Crippen molar-refractivity contribution in [3.8, 4) is 0 Å². The summed E-state index contributed by atoms with van der Waals surface area (Å²) in [5.41, 5.74) is 4.10. The van der Waals surface area contributed by atoms with Gasteiger partial charge in [-0.1, -0.05) is 25.1 Å². The van der Waals surface area contributed by atoms with Gasteiger partial charge in [-0.3, -0.25) is 9.69 Å². The summed E-state index contributed by atoms with van der Waals surface area (Å²) in [6.07, 6.45) is 0.875. The fraction of sp³-hybridized carbons (Fsp3) is 0.381. The lowest BCUT2D eigenvalue weighted by Crippen LogP contribution is -2.48. The highest BCUT2D eigenvalue weighted by Gasteiger charge is 2.20. The van der Waals surface area contributed by atoms with Gasteiger partial charge in [0.15, 0.2) is 0 Å². The largest absolute Gasteiger partial charge is 0.369 e. The van der Waals surface area contributed by atoms with Crippen LogP contribution in [-0.4, -0.2) is 51.9 Å². The quantitative estimate of drug-likeness (QED) is 0.751. The molecule has 0 aliphatic carbocycles. The summed E-state index contributed by atoms with van der Waals surface area (Å²) >= 11 is 0. The molecule has 1 amide bonds. The summed E-state index contributed by atoms with van der Waals surface area (Å²) in [4.78, 5) is 17.0. The Labute approximate surface area is 172 Å². The van der Waals surface area contributed by atoms with Gasteiger partial charge < -0.3 is 10.2 Å². The number of carbonyl (C=O) groups excluding carboxylic acids is 1. The number of benzene rings is 2. The molecule has 3 N–H and O–H groups in total. The molecule has 0 bridgehead atoms. The summed E-state index contributed by atoms with van der Waals surface area (Å²) in [7, 11) is -3.68. The van der Waals surface area contributed by atoms with Crippen LogP contribution >= 0.6 is 0 Å². The zero-order valence-corrected chi connectivity index (χ0v) is 17.7. The van der Waals surface area contributed by atoms with E-state index in [9.17, 15) is 13.2 Å². The number of para-hydroxylation sites is 1. The zero-order valence-electron chi connectivity index (χ0n) is 16.9. The fourth-order valence-corrected chi connectivity index (χ4v) is 4.11. The molecule has 1 aliphatic heterocycles. The maximum atomic E-state index is 12.5. The molecular weight excluding hydrogens is 388 g/mol. The smallest absolute Gasteiger partial charge is 0.238 e. The first-order chi connectivity index (χ1) is 13.8. The third-order valence-corrected chi connectivity index (χ3v) is 6.20. The second kappa shape index (κ2) is 8.94. The van der Waals surface area contributed by atoms with Crippen LogP contribution in [0.5, 0.6) is 0 Å². The van der Waals surface area contributed by atoms with Crippen LogP contribution in [0.4, 0.5) is 11.4 Å². The monoisotopic (exact) mass is 416 g/mol. The van der Waals surface area contributed by atoms with E-state index < -0.39 is 10.0 Å². The SMILES string of the molecule is CCc1cccc(C)c1NC(=O)CN1CCN(c2ccc(S(N)(=O)=O)cc2)CC1. The second-order valence-corrected chi connectivity index (χ2v) is 8.87. The molecular formula is C21H28N4O3S. The van der Waals surface area contributed by atoms with Crippen LogP contribution in [0.1, 0.15) is 18.1 Å². The van der Waals surface area contributed by atoms with E-state index in [1.165, 1.54) is 12.1 Å². The molecule has 29 heavy (non-hydrogen) atoms. The van der Waals surface area contributed by atoms with Gasteiger partial charge in [0.1, 0.15) is 0 Å². The number of rotatable bonds is 6. The predicted octanol–water partition coefficient (Wildman–Crippen LogP) is 1.97. The number of carbonyl (C=O) groups is 1. The van der Waals surface area contributed by atoms with Gasteiger partial charge >= 0.3 is 0 Å². The Morgan fingerprint density at radius 3 is 2.31 bits per heavy atom. The summed E-state index contributed by atoms with van der Waals surface area (Å²) in [5.74, 6) is -0.0000414. The average molecular weight is 417 g/mol. The first-order valence-corrected chi connectivity index (χ1v) is 11.3. The Balaban J connectivity index is 1.54. The molecule has 0 atom stereocenters. The van der Waals surface area contributed by atoms with Crippen molar-refractivity contribution in [2.75, 3.05) is 42.9 Å². The van der Waals surface area contributed by atoms with Gasteiger partial charge in [0.25, 0.3) is 0 Å². The molecule has 8 heteroatoms. The van der Waals surface area contributed by atoms with Crippen molar-refractivity contribution < 1.29 is 13.2 Å². The fourth-order valence-electron chi connectivity index (χ4n) is 3.59. The Morgan fingerprint density at radius 2 is 1.72 bits per heavy atom. The molecule has 156 valence electrons. The highest BCUT2D eigenvalue weighted by molar-refractivity contribution is 7.89. The molecule has 1 aliphatic rings. The number of nitrogens with zero attached hydrogens (tertiary/aromatic N) is 2. The molecule has 1 heterocycles. The molecule has 0 saturated carbocycles. The minimum atomic E-state index is -3.68. The molecule has 7 nitrogen and oxygen atoms in total. The summed E-state index contributed by atoms with van der Waals surface area (Å²) in [5, 5.41) is 8.22. The molecule has 2 aromatic rings. The maximum absolute atomic E-state index is 12.5. The van der Waals surface area contributed by atoms with E-state index in [4.69, 9.17) is 5.14 Å². The van der Waals surface area contributed by atoms with E-state index in [-0.39, 0.29) is 10.8 Å². The number of primary sulfonamides is 1. The number of anilines is 2. The molecule has 2 aromatic carbocycles. The summed E-state index contributed by atoms with van der Waals surface area (Å²) < 4.78 is 22.8. The standard InChI is InChI=1S/C21H28N4O3S/c1-3-17-6-4-5-16(2)21(17)23-20(26)15-24-11-13-25(14-12-24)18-7-9-19(10-8-18)29(22,27)28/h4-10H,3,11-15H2,1-2H3,(H,23,26)(H2,22,27,28). The van der Waals surface area contributed by atoms with Crippen molar-refractivity contribution in [3.05, 3.63) is 53.6 Å². The minimum Gasteiger partial charge on any atom is -0.369 e. The van der Waals surface area contributed by atoms with Crippen molar-refractivity contribution in [1.29, 1.82) is 0 Å². The number of sulfonamides is 1. The van der Waals surface area contributed by atoms with E-state index in [2.05, 4.69) is 22.0 Å². The van der Waals surface area contributed by atoms with Gasteiger partial charge in [0.05, 0.1) is 11.4 Å². The number of nitrogens with two attached hydrogens (primary N) is 1. The zero-order chi connectivity index (χ0) is 21.0. The van der Waals surface area contributed by atoms with Crippen molar-refractivity contribution >= 4 is 27.3 Å². The van der Waals surface area contributed by atoms with Crippen molar-refractivity contribution in [1.82, 2.24) is 4.90 Å². The Bertz CT molecular complexity index is 966. The van der Waals surface area contributed by atoms with Crippen LogP contribution in [-0.2, 0) is 21.2 Å². The highest BCUT2D eigenvalue weighted by atomic mass is 32.2. The normalized spacial score (nSPS) is 15.3. The van der Waals surface area contributed by atoms with Crippen LogP contribution in [0.3, 0.4) is 0 Å². The lowest BCUT2D eigenvalue weighted by molar-refractivity contribution is -0.117. The number of aryl methyl sites for hydroxylation is 2. The second-order valence-electron chi connectivity index (χ2n) is 7.31. The third-order valence-electron chi connectivity index (χ3n) is 5.27. The van der Waals surface area contributed by atoms with Crippen LogP contribution in [0.15, 0.2) is 47.4 Å². The molecule has 1 saturated heterocycles. The average Bonchev–Trinajstić information content (AvgIpc) is 2.69. The van der Waals surface area contributed by atoms with Crippen LogP contribution in [0, 0.1) is 6.92 Å². The first kappa shape index (κ1) is 21.3. The van der Waals surface area contributed by atoms with Crippen LogP contribution in [0.25, 0.3) is 0 Å². The topological polar surface area (TPSA) is 95.7 Å². The number of amides is 1. The lowest BCUT2D eigenvalue weighted by Gasteiger charge is -2.35. The van der Waals surface area contributed by atoms with Crippen molar-refractivity contribution in [3.63, 3.8) is 0 Å². The minimum absolute atomic E-state index is 0.0000414. The predicted molar refractivity (Wildman–Crippen MR) is 116 cm³/mol. The lowest BCUT2D eigenvalue weighted by atomic mass is 10.1. The molecule has 1 fully saturated rings. The van der Waals surface area contributed by atoms with E-state index in [0.717, 1.165) is 55.1 Å².